The number of hydrogen-bond donors (Lipinski definition) is 2. The lowest BCUT2D eigenvalue weighted by Crippen LogP contribution is -2.37. The first-order chi connectivity index (χ1) is 10.5. The molecule has 2 rings (SSSR count). The molecule has 0 atom stereocenters. The first kappa shape index (κ1) is 16.1. The molecule has 5 heteroatoms. The standard InChI is InChI=1S/C17H22N2O3/c1-4-7-18-16(21)9-19-15(20)8-13-10-22-17-12(3)11(2)5-6-14(13)17/h5-6,10H,4,7-9H2,1-3H3,(H,18,21)(H,19,20). The number of carbonyl (C=O) groups excluding carboxylic acids is 2. The lowest BCUT2D eigenvalue weighted by Gasteiger charge is -2.05. The van der Waals surface area contributed by atoms with Crippen molar-refractivity contribution >= 4 is 22.8 Å². The van der Waals surface area contributed by atoms with Crippen molar-refractivity contribution in [3.63, 3.8) is 0 Å². The predicted octanol–water partition coefficient (Wildman–Crippen LogP) is 2.23. The van der Waals surface area contributed by atoms with Crippen molar-refractivity contribution in [3.05, 3.63) is 35.1 Å². The summed E-state index contributed by atoms with van der Waals surface area (Å²) in [6.45, 7) is 6.64. The Morgan fingerprint density at radius 2 is 1.91 bits per heavy atom. The van der Waals surface area contributed by atoms with Crippen LogP contribution in [0, 0.1) is 13.8 Å². The van der Waals surface area contributed by atoms with Gasteiger partial charge in [-0.1, -0.05) is 19.1 Å². The zero-order chi connectivity index (χ0) is 16.1. The number of benzene rings is 1. The van der Waals surface area contributed by atoms with Gasteiger partial charge in [0, 0.05) is 17.5 Å². The molecule has 0 saturated heterocycles. The lowest BCUT2D eigenvalue weighted by molar-refractivity contribution is -0.125. The molecule has 0 aliphatic rings. The number of aryl methyl sites for hydroxylation is 2. The molecule has 5 nitrogen and oxygen atoms in total. The number of amides is 2. The molecular weight excluding hydrogens is 280 g/mol. The van der Waals surface area contributed by atoms with Gasteiger partial charge in [0.15, 0.2) is 0 Å². The summed E-state index contributed by atoms with van der Waals surface area (Å²) in [7, 11) is 0. The van der Waals surface area contributed by atoms with Crippen molar-refractivity contribution in [1.29, 1.82) is 0 Å². The van der Waals surface area contributed by atoms with Crippen molar-refractivity contribution in [2.75, 3.05) is 13.1 Å². The SMILES string of the molecule is CCCNC(=O)CNC(=O)Cc1coc2c(C)c(C)ccc12. The topological polar surface area (TPSA) is 71.3 Å². The molecule has 0 fully saturated rings. The Morgan fingerprint density at radius 3 is 2.64 bits per heavy atom. The van der Waals surface area contributed by atoms with Crippen LogP contribution in [0.5, 0.6) is 0 Å². The maximum absolute atomic E-state index is 12.0. The largest absolute Gasteiger partial charge is 0.464 e. The number of carbonyl (C=O) groups is 2. The molecule has 1 aromatic heterocycles. The third kappa shape index (κ3) is 3.67. The molecule has 0 bridgehead atoms. The van der Waals surface area contributed by atoms with E-state index in [4.69, 9.17) is 4.42 Å². The van der Waals surface area contributed by atoms with Crippen LogP contribution in [0.4, 0.5) is 0 Å². The maximum Gasteiger partial charge on any atom is 0.239 e. The molecule has 0 spiro atoms. The van der Waals surface area contributed by atoms with Gasteiger partial charge in [0.2, 0.25) is 11.8 Å². The number of fused-ring (bicyclic) bond motifs is 1. The van der Waals surface area contributed by atoms with Crippen molar-refractivity contribution in [1.82, 2.24) is 10.6 Å². The third-order valence-electron chi connectivity index (χ3n) is 3.71. The Labute approximate surface area is 130 Å². The average molecular weight is 302 g/mol. The predicted molar refractivity (Wildman–Crippen MR) is 85.7 cm³/mol. The second-order valence-electron chi connectivity index (χ2n) is 5.45. The normalized spacial score (nSPS) is 10.7. The fourth-order valence-electron chi connectivity index (χ4n) is 2.27. The van der Waals surface area contributed by atoms with Crippen molar-refractivity contribution in [2.45, 2.75) is 33.6 Å². The summed E-state index contributed by atoms with van der Waals surface area (Å²) in [6.07, 6.45) is 2.70. The molecule has 118 valence electrons. The van der Waals surface area contributed by atoms with E-state index in [1.807, 2.05) is 32.9 Å². The molecule has 0 aliphatic carbocycles. The van der Waals surface area contributed by atoms with Crippen molar-refractivity contribution in [2.24, 2.45) is 0 Å². The van der Waals surface area contributed by atoms with Crippen molar-refractivity contribution in [3.8, 4) is 0 Å². The fourth-order valence-corrected chi connectivity index (χ4v) is 2.27. The van der Waals surface area contributed by atoms with E-state index >= 15 is 0 Å². The Hall–Kier alpha value is -2.30. The Bertz CT molecular complexity index is 689. The summed E-state index contributed by atoms with van der Waals surface area (Å²) in [6, 6.07) is 3.99. The molecule has 22 heavy (non-hydrogen) atoms. The van der Waals surface area contributed by atoms with Gasteiger partial charge in [-0.25, -0.2) is 0 Å². The summed E-state index contributed by atoms with van der Waals surface area (Å²) >= 11 is 0. The minimum atomic E-state index is -0.187. The van der Waals surface area contributed by atoms with E-state index in [0.717, 1.165) is 34.1 Å². The third-order valence-corrected chi connectivity index (χ3v) is 3.71. The number of nitrogens with one attached hydrogen (secondary N) is 2. The van der Waals surface area contributed by atoms with Gasteiger partial charge >= 0.3 is 0 Å². The smallest absolute Gasteiger partial charge is 0.239 e. The van der Waals surface area contributed by atoms with Crippen LogP contribution in [0.1, 0.15) is 30.0 Å². The van der Waals surface area contributed by atoms with Gasteiger partial charge in [0.1, 0.15) is 5.58 Å². The van der Waals surface area contributed by atoms with E-state index < -0.39 is 0 Å². The van der Waals surface area contributed by atoms with Crippen LogP contribution < -0.4 is 10.6 Å². The van der Waals surface area contributed by atoms with Crippen LogP contribution in [0.25, 0.3) is 11.0 Å². The minimum Gasteiger partial charge on any atom is -0.464 e. The number of hydrogen-bond acceptors (Lipinski definition) is 3. The van der Waals surface area contributed by atoms with Crippen LogP contribution in [-0.2, 0) is 16.0 Å². The quantitative estimate of drug-likeness (QED) is 0.859. The van der Waals surface area contributed by atoms with E-state index in [-0.39, 0.29) is 24.8 Å². The Balaban J connectivity index is 1.98. The minimum absolute atomic E-state index is 0.00670. The number of rotatable bonds is 6. The second-order valence-corrected chi connectivity index (χ2v) is 5.45. The zero-order valence-electron chi connectivity index (χ0n) is 13.3. The van der Waals surface area contributed by atoms with Gasteiger partial charge in [-0.05, 0) is 31.4 Å². The van der Waals surface area contributed by atoms with Gasteiger partial charge < -0.3 is 15.1 Å². The van der Waals surface area contributed by atoms with Crippen molar-refractivity contribution < 1.29 is 14.0 Å². The molecule has 1 aromatic carbocycles. The van der Waals surface area contributed by atoms with Crippen LogP contribution in [0.2, 0.25) is 0 Å². The van der Waals surface area contributed by atoms with Crippen LogP contribution in [0.3, 0.4) is 0 Å². The van der Waals surface area contributed by atoms with Gasteiger partial charge in [-0.15, -0.1) is 0 Å². The zero-order valence-corrected chi connectivity index (χ0v) is 13.3. The highest BCUT2D eigenvalue weighted by atomic mass is 16.3. The summed E-state index contributed by atoms with van der Waals surface area (Å²) in [5.41, 5.74) is 3.90. The van der Waals surface area contributed by atoms with E-state index in [1.54, 1.807) is 6.26 Å². The fraction of sp³-hybridized carbons (Fsp3) is 0.412. The van der Waals surface area contributed by atoms with Crippen LogP contribution in [0.15, 0.2) is 22.8 Å². The molecule has 1 heterocycles. The highest BCUT2D eigenvalue weighted by Gasteiger charge is 2.13. The highest BCUT2D eigenvalue weighted by molar-refractivity contribution is 5.91. The molecule has 0 unspecified atom stereocenters. The average Bonchev–Trinajstić information content (AvgIpc) is 2.90. The molecular formula is C17H22N2O3. The van der Waals surface area contributed by atoms with E-state index in [9.17, 15) is 9.59 Å². The summed E-state index contributed by atoms with van der Waals surface area (Å²) in [5.74, 6) is -0.355. The lowest BCUT2D eigenvalue weighted by atomic mass is 10.0. The monoisotopic (exact) mass is 302 g/mol. The second kappa shape index (κ2) is 7.11. The van der Waals surface area contributed by atoms with Gasteiger partial charge in [-0.3, -0.25) is 9.59 Å². The molecule has 0 aliphatic heterocycles. The molecule has 0 radical (unpaired) electrons. The Kier molecular flexibility index (Phi) is 5.20. The van der Waals surface area contributed by atoms with E-state index in [0.29, 0.717) is 6.54 Å². The summed E-state index contributed by atoms with van der Waals surface area (Å²) in [5, 5.41) is 6.30. The van der Waals surface area contributed by atoms with E-state index in [1.165, 1.54) is 0 Å². The van der Waals surface area contributed by atoms with Gasteiger partial charge in [0.25, 0.3) is 0 Å². The first-order valence-electron chi connectivity index (χ1n) is 7.52. The number of furan rings is 1. The van der Waals surface area contributed by atoms with Crippen LogP contribution >= 0.6 is 0 Å². The molecule has 0 saturated carbocycles. The van der Waals surface area contributed by atoms with E-state index in [2.05, 4.69) is 10.6 Å². The van der Waals surface area contributed by atoms with Gasteiger partial charge in [0.05, 0.1) is 19.2 Å². The maximum atomic E-state index is 12.0. The highest BCUT2D eigenvalue weighted by Crippen LogP contribution is 2.26. The molecule has 2 amide bonds. The molecule has 2 N–H and O–H groups in total. The molecule has 2 aromatic rings. The summed E-state index contributed by atoms with van der Waals surface area (Å²) < 4.78 is 5.58. The first-order valence-corrected chi connectivity index (χ1v) is 7.52. The van der Waals surface area contributed by atoms with Crippen LogP contribution in [-0.4, -0.2) is 24.9 Å². The summed E-state index contributed by atoms with van der Waals surface area (Å²) in [4.78, 5) is 23.4. The Morgan fingerprint density at radius 1 is 1.14 bits per heavy atom. The van der Waals surface area contributed by atoms with Gasteiger partial charge in [-0.2, -0.15) is 0 Å².